The van der Waals surface area contributed by atoms with Crippen LogP contribution in [0.1, 0.15) is 5.56 Å². The average molecular weight is 399 g/mol. The number of fused-ring (bicyclic) bond motifs is 1. The van der Waals surface area contributed by atoms with Gasteiger partial charge in [-0.15, -0.1) is 0 Å². The molecule has 9 heteroatoms. The Hall–Kier alpha value is -4.03. The molecule has 0 amide bonds. The summed E-state index contributed by atoms with van der Waals surface area (Å²) in [7, 11) is 0. The van der Waals surface area contributed by atoms with E-state index in [1.807, 2.05) is 23.1 Å². The van der Waals surface area contributed by atoms with Crippen LogP contribution in [0.25, 0.3) is 22.3 Å². The molecule has 5 rings (SSSR count). The van der Waals surface area contributed by atoms with Crippen LogP contribution in [-0.2, 0) is 4.74 Å². The van der Waals surface area contributed by atoms with Crippen LogP contribution in [-0.4, -0.2) is 51.5 Å². The van der Waals surface area contributed by atoms with Crippen molar-refractivity contribution in [3.8, 4) is 29.2 Å². The number of ether oxygens (including phenoxy) is 2. The van der Waals surface area contributed by atoms with Crippen molar-refractivity contribution in [1.82, 2.24) is 25.1 Å². The minimum Gasteiger partial charge on any atom is -0.424 e. The predicted molar refractivity (Wildman–Crippen MR) is 109 cm³/mol. The third-order valence-corrected chi connectivity index (χ3v) is 4.79. The number of nitrogens with one attached hydrogen (secondary N) is 1. The molecule has 1 aliphatic rings. The molecule has 0 unspecified atom stereocenters. The molecule has 1 N–H and O–H groups in total. The van der Waals surface area contributed by atoms with E-state index in [-0.39, 0.29) is 6.01 Å². The first-order valence-corrected chi connectivity index (χ1v) is 9.49. The Balaban J connectivity index is 1.60. The highest BCUT2D eigenvalue weighted by molar-refractivity contribution is 5.92. The quantitative estimate of drug-likeness (QED) is 0.557. The summed E-state index contributed by atoms with van der Waals surface area (Å²) < 4.78 is 11.4. The second-order valence-corrected chi connectivity index (χ2v) is 6.72. The van der Waals surface area contributed by atoms with Crippen molar-refractivity contribution in [3.63, 3.8) is 0 Å². The fourth-order valence-electron chi connectivity index (χ4n) is 3.31. The number of hydrogen-bond donors (Lipinski definition) is 1. The van der Waals surface area contributed by atoms with Gasteiger partial charge in [0.1, 0.15) is 5.75 Å². The Morgan fingerprint density at radius 3 is 2.80 bits per heavy atom. The maximum absolute atomic E-state index is 9.14. The number of benzene rings is 2. The zero-order valence-electron chi connectivity index (χ0n) is 15.9. The van der Waals surface area contributed by atoms with Gasteiger partial charge in [0.2, 0.25) is 5.95 Å². The molecular formula is C21H17N7O2. The molecule has 2 aromatic heterocycles. The smallest absolute Gasteiger partial charge is 0.327 e. The summed E-state index contributed by atoms with van der Waals surface area (Å²) in [5, 5.41) is 17.1. The van der Waals surface area contributed by atoms with Crippen LogP contribution >= 0.6 is 0 Å². The Morgan fingerprint density at radius 1 is 1.07 bits per heavy atom. The van der Waals surface area contributed by atoms with E-state index in [2.05, 4.69) is 26.2 Å². The van der Waals surface area contributed by atoms with Gasteiger partial charge in [-0.2, -0.15) is 25.3 Å². The van der Waals surface area contributed by atoms with Crippen LogP contribution in [0.2, 0.25) is 0 Å². The molecular weight excluding hydrogens is 382 g/mol. The SMILES string of the molecule is N#Cc1cccc(Oc2nc(-c3cccc4[nH]ncc34)nc(N3CCOCC3)n2)c1. The zero-order valence-corrected chi connectivity index (χ0v) is 15.9. The highest BCUT2D eigenvalue weighted by Gasteiger charge is 2.19. The molecule has 0 bridgehead atoms. The fourth-order valence-corrected chi connectivity index (χ4v) is 3.31. The van der Waals surface area contributed by atoms with E-state index >= 15 is 0 Å². The van der Waals surface area contributed by atoms with Crippen molar-refractivity contribution in [1.29, 1.82) is 5.26 Å². The molecule has 0 saturated carbocycles. The Labute approximate surface area is 171 Å². The monoisotopic (exact) mass is 399 g/mol. The van der Waals surface area contributed by atoms with Gasteiger partial charge in [0, 0.05) is 24.0 Å². The summed E-state index contributed by atoms with van der Waals surface area (Å²) in [5.41, 5.74) is 2.22. The minimum atomic E-state index is 0.164. The number of aromatic nitrogens is 5. The van der Waals surface area contributed by atoms with Crippen LogP contribution in [0.4, 0.5) is 5.95 Å². The number of nitrogens with zero attached hydrogens (tertiary/aromatic N) is 6. The van der Waals surface area contributed by atoms with E-state index in [1.54, 1.807) is 30.5 Å². The van der Waals surface area contributed by atoms with Crippen LogP contribution in [0, 0.1) is 11.3 Å². The van der Waals surface area contributed by atoms with Crippen LogP contribution < -0.4 is 9.64 Å². The van der Waals surface area contributed by atoms with E-state index in [4.69, 9.17) is 19.7 Å². The summed E-state index contributed by atoms with van der Waals surface area (Å²) in [4.78, 5) is 15.8. The lowest BCUT2D eigenvalue weighted by molar-refractivity contribution is 0.122. The number of hydrogen-bond acceptors (Lipinski definition) is 8. The highest BCUT2D eigenvalue weighted by Crippen LogP contribution is 2.29. The molecule has 148 valence electrons. The fraction of sp³-hybridized carbons (Fsp3) is 0.190. The third-order valence-electron chi connectivity index (χ3n) is 4.79. The van der Waals surface area contributed by atoms with Gasteiger partial charge in [-0.3, -0.25) is 5.10 Å². The lowest BCUT2D eigenvalue weighted by Crippen LogP contribution is -2.37. The van der Waals surface area contributed by atoms with Crippen LogP contribution in [0.5, 0.6) is 11.8 Å². The number of rotatable bonds is 4. The van der Waals surface area contributed by atoms with Gasteiger partial charge in [0.05, 0.1) is 36.6 Å². The van der Waals surface area contributed by atoms with Gasteiger partial charge in [-0.1, -0.05) is 18.2 Å². The summed E-state index contributed by atoms with van der Waals surface area (Å²) in [6.45, 7) is 2.59. The number of aromatic amines is 1. The van der Waals surface area contributed by atoms with Crippen LogP contribution in [0.15, 0.2) is 48.7 Å². The predicted octanol–water partition coefficient (Wildman–Crippen LogP) is 2.92. The van der Waals surface area contributed by atoms with Crippen molar-refractivity contribution >= 4 is 16.9 Å². The van der Waals surface area contributed by atoms with E-state index in [0.29, 0.717) is 49.4 Å². The van der Waals surface area contributed by atoms with E-state index in [1.165, 1.54) is 0 Å². The summed E-state index contributed by atoms with van der Waals surface area (Å²) in [5.74, 6) is 1.50. The van der Waals surface area contributed by atoms with Crippen molar-refractivity contribution in [2.24, 2.45) is 0 Å². The molecule has 0 radical (unpaired) electrons. The van der Waals surface area contributed by atoms with Crippen LogP contribution in [0.3, 0.4) is 0 Å². The lowest BCUT2D eigenvalue weighted by atomic mass is 10.1. The Morgan fingerprint density at radius 2 is 1.93 bits per heavy atom. The number of nitriles is 1. The number of anilines is 1. The topological polar surface area (TPSA) is 113 Å². The molecule has 1 saturated heterocycles. The first kappa shape index (κ1) is 18.0. The second-order valence-electron chi connectivity index (χ2n) is 6.72. The first-order valence-electron chi connectivity index (χ1n) is 9.49. The van der Waals surface area contributed by atoms with Gasteiger partial charge in [0.25, 0.3) is 0 Å². The highest BCUT2D eigenvalue weighted by atomic mass is 16.5. The van der Waals surface area contributed by atoms with E-state index in [9.17, 15) is 0 Å². The van der Waals surface area contributed by atoms with E-state index < -0.39 is 0 Å². The molecule has 3 heterocycles. The molecule has 30 heavy (non-hydrogen) atoms. The lowest BCUT2D eigenvalue weighted by Gasteiger charge is -2.27. The van der Waals surface area contributed by atoms with Crippen molar-refractivity contribution in [2.75, 3.05) is 31.2 Å². The van der Waals surface area contributed by atoms with Gasteiger partial charge < -0.3 is 14.4 Å². The molecule has 2 aromatic carbocycles. The third kappa shape index (κ3) is 3.52. The van der Waals surface area contributed by atoms with Gasteiger partial charge >= 0.3 is 6.01 Å². The summed E-state index contributed by atoms with van der Waals surface area (Å²) in [6, 6.07) is 15.0. The first-order chi connectivity index (χ1) is 14.8. The second kappa shape index (κ2) is 7.77. The molecule has 0 aliphatic carbocycles. The molecule has 0 atom stereocenters. The Bertz CT molecular complexity index is 1240. The minimum absolute atomic E-state index is 0.164. The number of H-pyrrole nitrogens is 1. The molecule has 1 aliphatic heterocycles. The maximum Gasteiger partial charge on any atom is 0.327 e. The molecule has 1 fully saturated rings. The summed E-state index contributed by atoms with van der Waals surface area (Å²) in [6.07, 6.45) is 1.75. The number of morpholine rings is 1. The normalized spacial score (nSPS) is 13.9. The largest absolute Gasteiger partial charge is 0.424 e. The van der Waals surface area contributed by atoms with Gasteiger partial charge in [-0.05, 0) is 24.3 Å². The van der Waals surface area contributed by atoms with Crippen molar-refractivity contribution < 1.29 is 9.47 Å². The zero-order chi connectivity index (χ0) is 20.3. The molecule has 0 spiro atoms. The van der Waals surface area contributed by atoms with Crippen molar-refractivity contribution in [3.05, 3.63) is 54.2 Å². The van der Waals surface area contributed by atoms with E-state index in [0.717, 1.165) is 16.5 Å². The maximum atomic E-state index is 9.14. The molecule has 4 aromatic rings. The Kier molecular flexibility index (Phi) is 4.67. The van der Waals surface area contributed by atoms with Gasteiger partial charge in [-0.25, -0.2) is 0 Å². The van der Waals surface area contributed by atoms with Crippen molar-refractivity contribution in [2.45, 2.75) is 0 Å². The summed E-state index contributed by atoms with van der Waals surface area (Å²) >= 11 is 0. The molecule has 9 nitrogen and oxygen atoms in total. The standard InChI is InChI=1S/C21H17N7O2/c22-12-14-3-1-4-15(11-14)30-21-25-19(16-5-2-6-18-17(16)13-23-27-18)24-20(26-21)28-7-9-29-10-8-28/h1-6,11,13H,7-10H2,(H,23,27). The average Bonchev–Trinajstić information content (AvgIpc) is 3.29. The van der Waals surface area contributed by atoms with Gasteiger partial charge in [0.15, 0.2) is 5.82 Å².